The van der Waals surface area contributed by atoms with E-state index >= 15 is 0 Å². The maximum Gasteiger partial charge on any atom is 0.254 e. The summed E-state index contributed by atoms with van der Waals surface area (Å²) in [5.41, 5.74) is 6.40. The maximum atomic E-state index is 12.7. The number of nitrogens with one attached hydrogen (secondary N) is 2. The Kier molecular flexibility index (Phi) is 4.43. The molecule has 2 aliphatic heterocycles. The molecular weight excluding hydrogens is 402 g/mol. The van der Waals surface area contributed by atoms with Crippen LogP contribution in [0.3, 0.4) is 0 Å². The number of carbonyl (C=O) groups excluding carboxylic acids is 1. The van der Waals surface area contributed by atoms with E-state index in [0.29, 0.717) is 29.5 Å². The molecule has 0 bridgehead atoms. The van der Waals surface area contributed by atoms with Crippen LogP contribution in [-0.4, -0.2) is 33.7 Å². The SMILES string of the molecule is Cn1ccc2c(-c3ncc(Nc4ccc([C@H]5CCOC5)cn4)c4c3CNC4=O)cccc21. The molecule has 160 valence electrons. The average Bonchev–Trinajstić information content (AvgIpc) is 3.56. The van der Waals surface area contributed by atoms with Gasteiger partial charge in [0.25, 0.3) is 5.91 Å². The fourth-order valence-electron chi connectivity index (χ4n) is 4.73. The van der Waals surface area contributed by atoms with Gasteiger partial charge in [-0.15, -0.1) is 0 Å². The van der Waals surface area contributed by atoms with E-state index in [0.717, 1.165) is 47.4 Å². The van der Waals surface area contributed by atoms with E-state index in [2.05, 4.69) is 44.5 Å². The number of aromatic nitrogens is 3. The van der Waals surface area contributed by atoms with Crippen LogP contribution in [0.4, 0.5) is 11.5 Å². The van der Waals surface area contributed by atoms with Crippen molar-refractivity contribution in [2.24, 2.45) is 7.05 Å². The molecule has 1 amide bonds. The third-order valence-electron chi connectivity index (χ3n) is 6.47. The Bertz CT molecular complexity index is 1340. The zero-order valence-electron chi connectivity index (χ0n) is 17.8. The molecule has 0 radical (unpaired) electrons. The first kappa shape index (κ1) is 19.0. The van der Waals surface area contributed by atoms with Gasteiger partial charge >= 0.3 is 0 Å². The van der Waals surface area contributed by atoms with Crippen LogP contribution in [0.15, 0.2) is 55.0 Å². The molecule has 4 aromatic rings. The average molecular weight is 425 g/mol. The predicted octanol–water partition coefficient (Wildman–Crippen LogP) is 4.13. The van der Waals surface area contributed by atoms with E-state index < -0.39 is 0 Å². The highest BCUT2D eigenvalue weighted by Crippen LogP contribution is 2.36. The van der Waals surface area contributed by atoms with Gasteiger partial charge in [0, 0.05) is 60.5 Å². The Morgan fingerprint density at radius 1 is 1.16 bits per heavy atom. The third kappa shape index (κ3) is 3.05. The smallest absolute Gasteiger partial charge is 0.254 e. The zero-order valence-corrected chi connectivity index (χ0v) is 17.8. The highest BCUT2D eigenvalue weighted by molar-refractivity contribution is 6.07. The Morgan fingerprint density at radius 2 is 2.09 bits per heavy atom. The Hall–Kier alpha value is -3.71. The molecule has 0 aliphatic carbocycles. The van der Waals surface area contributed by atoms with Crippen LogP contribution in [0.25, 0.3) is 22.2 Å². The first-order valence-electron chi connectivity index (χ1n) is 10.8. The standard InChI is InChI=1S/C25H23N5O2/c1-30-9-7-17-18(3-2-4-21(17)30)24-19-12-28-25(31)23(19)20(13-27-24)29-22-6-5-15(11-26-22)16-8-10-32-14-16/h2-7,9,11,13,16H,8,10,12,14H2,1H3,(H,26,29)(H,28,31)/t16-/m0/s1. The first-order chi connectivity index (χ1) is 15.7. The van der Waals surface area contributed by atoms with Gasteiger partial charge in [0.1, 0.15) is 5.82 Å². The molecule has 5 heterocycles. The second-order valence-electron chi connectivity index (χ2n) is 8.38. The Labute approximate surface area is 185 Å². The highest BCUT2D eigenvalue weighted by atomic mass is 16.5. The number of anilines is 2. The molecule has 1 aromatic carbocycles. The van der Waals surface area contributed by atoms with Crippen molar-refractivity contribution >= 4 is 28.3 Å². The normalized spacial score (nSPS) is 17.5. The number of hydrogen-bond donors (Lipinski definition) is 2. The van der Waals surface area contributed by atoms with Crippen molar-refractivity contribution in [3.63, 3.8) is 0 Å². The number of carbonyl (C=O) groups is 1. The lowest BCUT2D eigenvalue weighted by molar-refractivity contribution is 0.0966. The minimum Gasteiger partial charge on any atom is -0.381 e. The summed E-state index contributed by atoms with van der Waals surface area (Å²) >= 11 is 0. The van der Waals surface area contributed by atoms with Crippen LogP contribution in [0.5, 0.6) is 0 Å². The molecule has 0 spiro atoms. The molecule has 32 heavy (non-hydrogen) atoms. The van der Waals surface area contributed by atoms with Crippen molar-refractivity contribution in [1.29, 1.82) is 0 Å². The largest absolute Gasteiger partial charge is 0.381 e. The van der Waals surface area contributed by atoms with Gasteiger partial charge in [-0.05, 0) is 30.2 Å². The van der Waals surface area contributed by atoms with Gasteiger partial charge in [-0.2, -0.15) is 0 Å². The third-order valence-corrected chi connectivity index (χ3v) is 6.47. The van der Waals surface area contributed by atoms with E-state index in [4.69, 9.17) is 9.72 Å². The Balaban J connectivity index is 1.37. The summed E-state index contributed by atoms with van der Waals surface area (Å²) in [5, 5.41) is 7.39. The molecule has 6 rings (SSSR count). The van der Waals surface area contributed by atoms with E-state index in [1.807, 2.05) is 31.6 Å². The maximum absolute atomic E-state index is 12.7. The lowest BCUT2D eigenvalue weighted by atomic mass is 9.99. The van der Waals surface area contributed by atoms with Crippen LogP contribution in [0, 0.1) is 0 Å². The number of pyridine rings is 2. The van der Waals surface area contributed by atoms with E-state index in [1.54, 1.807) is 6.20 Å². The number of amides is 1. The lowest BCUT2D eigenvalue weighted by Crippen LogP contribution is -2.13. The van der Waals surface area contributed by atoms with Crippen LogP contribution < -0.4 is 10.6 Å². The number of benzene rings is 1. The van der Waals surface area contributed by atoms with Crippen molar-refractivity contribution in [1.82, 2.24) is 19.9 Å². The molecular formula is C25H23N5O2. The van der Waals surface area contributed by atoms with Crippen LogP contribution >= 0.6 is 0 Å². The number of nitrogens with zero attached hydrogens (tertiary/aromatic N) is 3. The summed E-state index contributed by atoms with van der Waals surface area (Å²) in [7, 11) is 2.03. The molecule has 1 atom stereocenters. The summed E-state index contributed by atoms with van der Waals surface area (Å²) in [6.45, 7) is 2.02. The van der Waals surface area contributed by atoms with E-state index in [-0.39, 0.29) is 5.91 Å². The first-order valence-corrected chi connectivity index (χ1v) is 10.8. The van der Waals surface area contributed by atoms with Crippen LogP contribution in [-0.2, 0) is 18.3 Å². The second-order valence-corrected chi connectivity index (χ2v) is 8.38. The van der Waals surface area contributed by atoms with Crippen LogP contribution in [0.2, 0.25) is 0 Å². The van der Waals surface area contributed by atoms with Gasteiger partial charge in [-0.1, -0.05) is 18.2 Å². The van der Waals surface area contributed by atoms with Gasteiger partial charge in [0.05, 0.1) is 29.7 Å². The number of ether oxygens (including phenoxy) is 1. The molecule has 3 aromatic heterocycles. The second kappa shape index (κ2) is 7.46. The quantitative estimate of drug-likeness (QED) is 0.514. The van der Waals surface area contributed by atoms with Crippen molar-refractivity contribution in [2.45, 2.75) is 18.9 Å². The number of rotatable bonds is 4. The monoisotopic (exact) mass is 425 g/mol. The summed E-state index contributed by atoms with van der Waals surface area (Å²) < 4.78 is 7.57. The molecule has 7 heteroatoms. The van der Waals surface area contributed by atoms with Crippen molar-refractivity contribution < 1.29 is 9.53 Å². The van der Waals surface area contributed by atoms with Gasteiger partial charge in [0.15, 0.2) is 0 Å². The highest BCUT2D eigenvalue weighted by Gasteiger charge is 2.28. The molecule has 1 fully saturated rings. The summed E-state index contributed by atoms with van der Waals surface area (Å²) in [5.74, 6) is 1.01. The topological polar surface area (TPSA) is 81.1 Å². The van der Waals surface area contributed by atoms with Crippen molar-refractivity contribution in [3.8, 4) is 11.3 Å². The molecule has 0 saturated carbocycles. The fraction of sp³-hybridized carbons (Fsp3) is 0.240. The lowest BCUT2D eigenvalue weighted by Gasteiger charge is -2.14. The summed E-state index contributed by atoms with van der Waals surface area (Å²) in [6.07, 6.45) is 6.70. The fourth-order valence-corrected chi connectivity index (χ4v) is 4.73. The number of fused-ring (bicyclic) bond motifs is 2. The van der Waals surface area contributed by atoms with Crippen molar-refractivity contribution in [3.05, 3.63) is 71.7 Å². The molecule has 2 N–H and O–H groups in total. The van der Waals surface area contributed by atoms with E-state index in [1.165, 1.54) is 5.56 Å². The van der Waals surface area contributed by atoms with Crippen molar-refractivity contribution in [2.75, 3.05) is 18.5 Å². The summed E-state index contributed by atoms with van der Waals surface area (Å²) in [6, 6.07) is 12.3. The predicted molar refractivity (Wildman–Crippen MR) is 123 cm³/mol. The Morgan fingerprint density at radius 3 is 2.91 bits per heavy atom. The minimum atomic E-state index is -0.0916. The minimum absolute atomic E-state index is 0.0916. The van der Waals surface area contributed by atoms with Gasteiger partial charge < -0.3 is 19.9 Å². The zero-order chi connectivity index (χ0) is 21.7. The van der Waals surface area contributed by atoms with Gasteiger partial charge in [-0.3, -0.25) is 9.78 Å². The van der Waals surface area contributed by atoms with Gasteiger partial charge in [0.2, 0.25) is 0 Å². The molecule has 0 unspecified atom stereocenters. The summed E-state index contributed by atoms with van der Waals surface area (Å²) in [4.78, 5) is 22.1. The van der Waals surface area contributed by atoms with Gasteiger partial charge in [-0.25, -0.2) is 4.98 Å². The molecule has 2 aliphatic rings. The molecule has 1 saturated heterocycles. The van der Waals surface area contributed by atoms with Crippen LogP contribution in [0.1, 0.15) is 33.8 Å². The number of hydrogen-bond acceptors (Lipinski definition) is 5. The molecule has 7 nitrogen and oxygen atoms in total. The number of aryl methyl sites for hydroxylation is 1. The van der Waals surface area contributed by atoms with E-state index in [9.17, 15) is 4.79 Å².